The van der Waals surface area contributed by atoms with Gasteiger partial charge in [0.15, 0.2) is 17.5 Å². The van der Waals surface area contributed by atoms with Crippen molar-refractivity contribution in [2.24, 2.45) is 10.7 Å². The van der Waals surface area contributed by atoms with E-state index >= 15 is 0 Å². The summed E-state index contributed by atoms with van der Waals surface area (Å²) in [6.07, 6.45) is 1.65. The predicted octanol–water partition coefficient (Wildman–Crippen LogP) is 0.472. The summed E-state index contributed by atoms with van der Waals surface area (Å²) in [5.74, 6) is -1.31. The zero-order valence-electron chi connectivity index (χ0n) is 26.2. The maximum atomic E-state index is 12.4. The van der Waals surface area contributed by atoms with Crippen LogP contribution in [0.3, 0.4) is 0 Å². The Morgan fingerprint density at radius 2 is 1.33 bits per heavy atom. The first kappa shape index (κ1) is 36.3. The summed E-state index contributed by atoms with van der Waals surface area (Å²) < 4.78 is 44.0. The lowest BCUT2D eigenvalue weighted by molar-refractivity contribution is 0.0189. The molecule has 3 rings (SSSR count). The topological polar surface area (TPSA) is 194 Å². The monoisotopic (exact) mass is 649 g/mol. The molecule has 46 heavy (non-hydrogen) atoms. The number of guanidine groups is 1. The molecule has 0 aliphatic carbocycles. The van der Waals surface area contributed by atoms with Gasteiger partial charge in [0.25, 0.3) is 5.91 Å². The molecule has 2 aromatic rings. The van der Waals surface area contributed by atoms with Crippen molar-refractivity contribution in [1.29, 1.82) is 0 Å². The molecule has 0 unspecified atom stereocenters. The van der Waals surface area contributed by atoms with Crippen LogP contribution in [0.5, 0.6) is 11.5 Å². The molecule has 1 amide bonds. The lowest BCUT2D eigenvalue weighted by atomic mass is 10.1. The van der Waals surface area contributed by atoms with Crippen molar-refractivity contribution in [3.63, 3.8) is 0 Å². The third kappa shape index (κ3) is 12.6. The number of rotatable bonds is 6. The van der Waals surface area contributed by atoms with Crippen molar-refractivity contribution < 1.29 is 52.3 Å². The molecule has 1 aliphatic heterocycles. The van der Waals surface area contributed by atoms with Gasteiger partial charge in [-0.2, -0.15) is 0 Å². The van der Waals surface area contributed by atoms with Crippen LogP contribution >= 0.6 is 0 Å². The number of nitrogens with two attached hydrogens (primary N) is 1. The number of carbonyl (C=O) groups excluding carboxylic acids is 3. The van der Waals surface area contributed by atoms with Gasteiger partial charge < -0.3 is 48.6 Å². The van der Waals surface area contributed by atoms with Gasteiger partial charge in [-0.1, -0.05) is 0 Å². The molecule has 0 atom stereocenters. The van der Waals surface area contributed by atoms with Gasteiger partial charge in [0.05, 0.1) is 84.7 Å². The van der Waals surface area contributed by atoms with Crippen LogP contribution in [-0.4, -0.2) is 140 Å². The van der Waals surface area contributed by atoms with Gasteiger partial charge in [-0.05, 0) is 24.3 Å². The number of fused-ring (bicyclic) bond motifs is 1. The molecule has 1 aliphatic rings. The second-order valence-electron chi connectivity index (χ2n) is 9.62. The zero-order valence-corrected chi connectivity index (χ0v) is 26.2. The number of methoxy groups -OCH3 is 2. The van der Waals surface area contributed by atoms with E-state index in [9.17, 15) is 14.4 Å². The van der Waals surface area contributed by atoms with Crippen LogP contribution in [0, 0.1) is 0 Å². The molecule has 0 radical (unpaired) electrons. The summed E-state index contributed by atoms with van der Waals surface area (Å²) in [5, 5.41) is 2.55. The Bertz CT molecular complexity index is 1200. The molecule has 1 aromatic heterocycles. The maximum absolute atomic E-state index is 12.4. The van der Waals surface area contributed by atoms with Crippen molar-refractivity contribution in [3.05, 3.63) is 47.3 Å². The molecule has 0 saturated carbocycles. The van der Waals surface area contributed by atoms with Crippen LogP contribution in [0.2, 0.25) is 0 Å². The minimum atomic E-state index is -0.724. The quantitative estimate of drug-likeness (QED) is 0.222. The van der Waals surface area contributed by atoms with E-state index in [2.05, 4.69) is 20.2 Å². The number of ether oxygens (including phenoxy) is 8. The first-order valence-corrected chi connectivity index (χ1v) is 14.8. The molecule has 16 nitrogen and oxygen atoms in total. The molecule has 2 heterocycles. The number of nitrogens with one attached hydrogen (secondary N) is 2. The van der Waals surface area contributed by atoms with Crippen molar-refractivity contribution in [2.75, 3.05) is 106 Å². The number of aliphatic imine (C=N–C) groups is 1. The lowest BCUT2D eigenvalue weighted by Crippen LogP contribution is -2.38. The number of carbonyl (C=O) groups is 3. The Balaban J connectivity index is 1.53. The van der Waals surface area contributed by atoms with Gasteiger partial charge in [0, 0.05) is 25.8 Å². The summed E-state index contributed by atoms with van der Waals surface area (Å²) in [6.45, 7) is 5.26. The van der Waals surface area contributed by atoms with E-state index in [1.165, 1.54) is 26.4 Å². The summed E-state index contributed by atoms with van der Waals surface area (Å²) in [7, 11) is 2.43. The SMILES string of the molecule is COC(=O)c1cc2c(cc1C(=O)OC)OCCOCCOCCN(CCN=C(N)NC(=O)c1ccc[nH]1)CCOCCOCCO2. The summed E-state index contributed by atoms with van der Waals surface area (Å²) >= 11 is 0. The molecule has 0 fully saturated rings. The highest BCUT2D eigenvalue weighted by atomic mass is 16.6. The molecule has 0 saturated heterocycles. The first-order chi connectivity index (χ1) is 22.4. The van der Waals surface area contributed by atoms with E-state index in [4.69, 9.17) is 43.6 Å². The smallest absolute Gasteiger partial charge is 0.338 e. The second kappa shape index (κ2) is 20.7. The van der Waals surface area contributed by atoms with Gasteiger partial charge in [-0.15, -0.1) is 0 Å². The largest absolute Gasteiger partial charge is 0.487 e. The summed E-state index contributed by atoms with van der Waals surface area (Å²) in [6, 6.07) is 6.12. The van der Waals surface area contributed by atoms with Crippen LogP contribution in [-0.2, 0) is 28.4 Å². The molecule has 1 aromatic carbocycles. The van der Waals surface area contributed by atoms with Crippen LogP contribution in [0.15, 0.2) is 35.5 Å². The Labute approximate surface area is 267 Å². The average molecular weight is 650 g/mol. The van der Waals surface area contributed by atoms with Crippen molar-refractivity contribution in [3.8, 4) is 11.5 Å². The van der Waals surface area contributed by atoms with Crippen molar-refractivity contribution in [2.45, 2.75) is 0 Å². The molecule has 0 spiro atoms. The Kier molecular flexibility index (Phi) is 16.3. The van der Waals surface area contributed by atoms with E-state index in [0.717, 1.165) is 0 Å². The highest BCUT2D eigenvalue weighted by Gasteiger charge is 2.23. The molecular weight excluding hydrogens is 606 g/mol. The maximum Gasteiger partial charge on any atom is 0.338 e. The zero-order chi connectivity index (χ0) is 33.0. The number of hydrogen-bond donors (Lipinski definition) is 3. The number of hydrogen-bond acceptors (Lipinski definition) is 13. The van der Waals surface area contributed by atoms with E-state index < -0.39 is 11.9 Å². The lowest BCUT2D eigenvalue weighted by Gasteiger charge is -2.21. The second-order valence-corrected chi connectivity index (χ2v) is 9.62. The molecule has 16 heteroatoms. The fraction of sp³-hybridized carbons (Fsp3) is 0.533. The Morgan fingerprint density at radius 1 is 0.826 bits per heavy atom. The highest BCUT2D eigenvalue weighted by Crippen LogP contribution is 2.32. The van der Waals surface area contributed by atoms with E-state index in [-0.39, 0.29) is 60.9 Å². The van der Waals surface area contributed by atoms with E-state index in [1.807, 2.05) is 0 Å². The number of amides is 1. The third-order valence-electron chi connectivity index (χ3n) is 6.50. The fourth-order valence-corrected chi connectivity index (χ4v) is 4.14. The standard InChI is InChI=1S/C30H43N5O11/c1-39-28(37)22-20-25-26(21-23(22)29(38)40-2)46-19-17-44-15-13-42-11-9-35(8-10-41-12-14-43-16-18-45-25)7-6-33-30(31)34-27(36)24-4-3-5-32-24/h3-5,20-21,32H,6-19H2,1-2H3,(H3,31,33,34,36). The van der Waals surface area contributed by atoms with Gasteiger partial charge in [-0.25, -0.2) is 9.59 Å². The number of benzene rings is 1. The number of nitrogens with zero attached hydrogens (tertiary/aromatic N) is 2. The van der Waals surface area contributed by atoms with Crippen LogP contribution in [0.1, 0.15) is 31.2 Å². The van der Waals surface area contributed by atoms with Gasteiger partial charge in [0.1, 0.15) is 18.9 Å². The molecule has 0 bridgehead atoms. The summed E-state index contributed by atoms with van der Waals surface area (Å²) in [4.78, 5) is 46.0. The Morgan fingerprint density at radius 3 is 1.80 bits per heavy atom. The predicted molar refractivity (Wildman–Crippen MR) is 165 cm³/mol. The van der Waals surface area contributed by atoms with Gasteiger partial charge in [-0.3, -0.25) is 20.0 Å². The number of H-pyrrole nitrogens is 1. The van der Waals surface area contributed by atoms with Crippen molar-refractivity contribution >= 4 is 23.8 Å². The normalized spacial score (nSPS) is 16.9. The molecule has 4 N–H and O–H groups in total. The molecular formula is C30H43N5O11. The van der Waals surface area contributed by atoms with Gasteiger partial charge in [0.2, 0.25) is 0 Å². The van der Waals surface area contributed by atoms with Gasteiger partial charge >= 0.3 is 11.9 Å². The summed E-state index contributed by atoms with van der Waals surface area (Å²) in [5.41, 5.74) is 6.23. The number of aromatic amines is 1. The van der Waals surface area contributed by atoms with Crippen LogP contribution in [0.4, 0.5) is 0 Å². The Hall–Kier alpha value is -4.22. The minimum Gasteiger partial charge on any atom is -0.487 e. The van der Waals surface area contributed by atoms with E-state index in [0.29, 0.717) is 71.5 Å². The van der Waals surface area contributed by atoms with E-state index in [1.54, 1.807) is 18.3 Å². The first-order valence-electron chi connectivity index (χ1n) is 14.8. The fourth-order valence-electron chi connectivity index (χ4n) is 4.14. The number of esters is 2. The van der Waals surface area contributed by atoms with Crippen LogP contribution in [0.25, 0.3) is 0 Å². The van der Waals surface area contributed by atoms with Crippen LogP contribution < -0.4 is 20.5 Å². The minimum absolute atomic E-state index is 0.0199. The van der Waals surface area contributed by atoms with Crippen molar-refractivity contribution in [1.82, 2.24) is 15.2 Å². The third-order valence-corrected chi connectivity index (χ3v) is 6.50. The molecule has 254 valence electrons. The average Bonchev–Trinajstić information content (AvgIpc) is 3.61. The number of aromatic nitrogens is 1. The highest BCUT2D eigenvalue weighted by molar-refractivity contribution is 6.04.